The van der Waals surface area contributed by atoms with Crippen LogP contribution in [-0.4, -0.2) is 53.0 Å². The molecule has 3 aliphatic rings. The van der Waals surface area contributed by atoms with Gasteiger partial charge in [-0.15, -0.1) is 0 Å². The van der Waals surface area contributed by atoms with Crippen molar-refractivity contribution >= 4 is 17.5 Å². The van der Waals surface area contributed by atoms with Gasteiger partial charge >= 0.3 is 0 Å². The number of carbonyl (C=O) groups is 1. The number of nitrogens with one attached hydrogen (secondary N) is 2. The molecule has 2 aliphatic heterocycles. The Morgan fingerprint density at radius 1 is 1.06 bits per heavy atom. The van der Waals surface area contributed by atoms with Gasteiger partial charge in [0.25, 0.3) is 5.56 Å². The summed E-state index contributed by atoms with van der Waals surface area (Å²) in [5.74, 6) is 0.796. The highest BCUT2D eigenvalue weighted by molar-refractivity contribution is 5.95. The fraction of sp³-hybridized carbons (Fsp3) is 0.542. The Bertz CT molecular complexity index is 1010. The van der Waals surface area contributed by atoms with Crippen LogP contribution < -0.4 is 15.8 Å². The lowest BCUT2D eigenvalue weighted by Crippen LogP contribution is -2.46. The van der Waals surface area contributed by atoms with Crippen LogP contribution >= 0.6 is 0 Å². The summed E-state index contributed by atoms with van der Waals surface area (Å²) in [6.45, 7) is 3.02. The standard InChI is InChI=1S/C24H31N5O2/c30-22(29-13-5-7-17-6-1-4-10-21(17)29)16-28-14-11-18(12-15-28)25-24-26-20-9-3-2-8-19(20)23(31)27-24/h1,4,6,10,18H,2-3,5,7-9,11-16H2,(H2,25,26,27,31). The second-order valence-electron chi connectivity index (χ2n) is 9.02. The highest BCUT2D eigenvalue weighted by Gasteiger charge is 2.26. The molecule has 7 heteroatoms. The summed E-state index contributed by atoms with van der Waals surface area (Å²) in [7, 11) is 0. The molecule has 5 rings (SSSR count). The number of anilines is 2. The molecule has 2 N–H and O–H groups in total. The van der Waals surface area contributed by atoms with Gasteiger partial charge in [0.05, 0.1) is 12.2 Å². The third-order valence-electron chi connectivity index (χ3n) is 6.89. The van der Waals surface area contributed by atoms with Crippen LogP contribution in [0.2, 0.25) is 0 Å². The van der Waals surface area contributed by atoms with Gasteiger partial charge in [-0.3, -0.25) is 19.5 Å². The maximum absolute atomic E-state index is 13.0. The van der Waals surface area contributed by atoms with Crippen molar-refractivity contribution in [2.24, 2.45) is 0 Å². The first kappa shape index (κ1) is 20.2. The van der Waals surface area contributed by atoms with E-state index in [1.54, 1.807) is 0 Å². The summed E-state index contributed by atoms with van der Waals surface area (Å²) >= 11 is 0. The molecule has 0 unspecified atom stereocenters. The van der Waals surface area contributed by atoms with Crippen molar-refractivity contribution in [2.75, 3.05) is 36.4 Å². The summed E-state index contributed by atoms with van der Waals surface area (Å²) in [6.07, 6.45) is 7.87. The molecule has 1 aromatic carbocycles. The number of rotatable bonds is 4. The summed E-state index contributed by atoms with van der Waals surface area (Å²) in [5.41, 5.74) is 4.19. The third-order valence-corrected chi connectivity index (χ3v) is 6.89. The molecular weight excluding hydrogens is 390 g/mol. The predicted molar refractivity (Wildman–Crippen MR) is 122 cm³/mol. The average Bonchev–Trinajstić information content (AvgIpc) is 2.80. The Labute approximate surface area is 182 Å². The highest BCUT2D eigenvalue weighted by Crippen LogP contribution is 2.27. The van der Waals surface area contributed by atoms with Gasteiger partial charge in [0, 0.05) is 36.9 Å². The summed E-state index contributed by atoms with van der Waals surface area (Å²) in [6, 6.07) is 8.53. The van der Waals surface area contributed by atoms with Gasteiger partial charge in [0.15, 0.2) is 0 Å². The molecule has 0 radical (unpaired) electrons. The molecule has 0 atom stereocenters. The first-order valence-corrected chi connectivity index (χ1v) is 11.7. The van der Waals surface area contributed by atoms with Crippen molar-refractivity contribution < 1.29 is 4.79 Å². The summed E-state index contributed by atoms with van der Waals surface area (Å²) in [5, 5.41) is 3.43. The molecule has 7 nitrogen and oxygen atoms in total. The minimum Gasteiger partial charge on any atom is -0.353 e. The third kappa shape index (κ3) is 4.37. The number of H-pyrrole nitrogens is 1. The first-order valence-electron chi connectivity index (χ1n) is 11.7. The highest BCUT2D eigenvalue weighted by atomic mass is 16.2. The molecule has 0 bridgehead atoms. The van der Waals surface area contributed by atoms with E-state index in [0.29, 0.717) is 12.5 Å². The molecule has 0 saturated carbocycles. The van der Waals surface area contributed by atoms with Gasteiger partial charge in [0.1, 0.15) is 0 Å². The normalized spacial score (nSPS) is 19.5. The minimum atomic E-state index is 0.0112. The predicted octanol–water partition coefficient (Wildman–Crippen LogP) is 2.50. The SMILES string of the molecule is O=C(CN1CCC(Nc2nc3c(c(=O)[nH]2)CCCC3)CC1)N1CCCc2ccccc21. The first-order chi connectivity index (χ1) is 15.2. The van der Waals surface area contributed by atoms with E-state index < -0.39 is 0 Å². The molecular formula is C24H31N5O2. The van der Waals surface area contributed by atoms with Gasteiger partial charge in [-0.25, -0.2) is 4.98 Å². The molecule has 2 aromatic rings. The van der Waals surface area contributed by atoms with Crippen LogP contribution in [0.25, 0.3) is 0 Å². The van der Waals surface area contributed by atoms with Crippen LogP contribution in [0.4, 0.5) is 11.6 Å². The van der Waals surface area contributed by atoms with E-state index in [1.807, 2.05) is 11.0 Å². The number of benzene rings is 1. The van der Waals surface area contributed by atoms with Crippen LogP contribution in [0.1, 0.15) is 48.9 Å². The van der Waals surface area contributed by atoms with Gasteiger partial charge in [-0.1, -0.05) is 18.2 Å². The Kier molecular flexibility index (Phi) is 5.76. The van der Waals surface area contributed by atoms with E-state index in [0.717, 1.165) is 87.9 Å². The van der Waals surface area contributed by atoms with Crippen molar-refractivity contribution in [3.8, 4) is 0 Å². The largest absolute Gasteiger partial charge is 0.353 e. The topological polar surface area (TPSA) is 81.3 Å². The lowest BCUT2D eigenvalue weighted by atomic mass is 9.97. The lowest BCUT2D eigenvalue weighted by Gasteiger charge is -2.35. The van der Waals surface area contributed by atoms with Crippen LogP contribution in [0, 0.1) is 0 Å². The number of hydrogen-bond acceptors (Lipinski definition) is 5. The number of fused-ring (bicyclic) bond motifs is 2. The van der Waals surface area contributed by atoms with E-state index in [2.05, 4.69) is 38.4 Å². The zero-order valence-corrected chi connectivity index (χ0v) is 18.0. The summed E-state index contributed by atoms with van der Waals surface area (Å²) < 4.78 is 0. The fourth-order valence-corrected chi connectivity index (χ4v) is 5.17. The number of hydrogen-bond donors (Lipinski definition) is 2. The molecule has 1 saturated heterocycles. The number of aromatic amines is 1. The zero-order chi connectivity index (χ0) is 21.2. The van der Waals surface area contributed by atoms with Crippen molar-refractivity contribution in [3.63, 3.8) is 0 Å². The molecule has 1 amide bonds. The van der Waals surface area contributed by atoms with Crippen molar-refractivity contribution in [1.82, 2.24) is 14.9 Å². The van der Waals surface area contributed by atoms with Crippen molar-refractivity contribution in [2.45, 2.75) is 57.4 Å². The maximum Gasteiger partial charge on any atom is 0.255 e. The van der Waals surface area contributed by atoms with Gasteiger partial charge in [-0.05, 0) is 63.0 Å². The van der Waals surface area contributed by atoms with Gasteiger partial charge in [-0.2, -0.15) is 0 Å². The molecule has 1 aromatic heterocycles. The van der Waals surface area contributed by atoms with Crippen LogP contribution in [-0.2, 0) is 24.1 Å². The van der Waals surface area contributed by atoms with E-state index in [1.165, 1.54) is 5.56 Å². The van der Waals surface area contributed by atoms with E-state index >= 15 is 0 Å². The number of carbonyl (C=O) groups excluding carboxylic acids is 1. The number of aromatic nitrogens is 2. The molecule has 1 aliphatic carbocycles. The van der Waals surface area contributed by atoms with Crippen LogP contribution in [0.5, 0.6) is 0 Å². The van der Waals surface area contributed by atoms with Gasteiger partial charge in [0.2, 0.25) is 11.9 Å². The number of aryl methyl sites for hydroxylation is 2. The number of para-hydroxylation sites is 1. The van der Waals surface area contributed by atoms with E-state index in [9.17, 15) is 9.59 Å². The molecule has 3 heterocycles. The second kappa shape index (κ2) is 8.83. The Morgan fingerprint density at radius 3 is 2.74 bits per heavy atom. The van der Waals surface area contributed by atoms with Gasteiger partial charge < -0.3 is 10.2 Å². The number of piperidine rings is 1. The van der Waals surface area contributed by atoms with E-state index in [-0.39, 0.29) is 17.5 Å². The second-order valence-corrected chi connectivity index (χ2v) is 9.02. The summed E-state index contributed by atoms with van der Waals surface area (Å²) in [4.78, 5) is 37.2. The number of likely N-dealkylation sites (tertiary alicyclic amines) is 1. The van der Waals surface area contributed by atoms with E-state index in [4.69, 9.17) is 0 Å². The Morgan fingerprint density at radius 2 is 1.87 bits per heavy atom. The molecule has 164 valence electrons. The average molecular weight is 422 g/mol. The molecule has 31 heavy (non-hydrogen) atoms. The zero-order valence-electron chi connectivity index (χ0n) is 18.0. The lowest BCUT2D eigenvalue weighted by molar-refractivity contribution is -0.120. The monoisotopic (exact) mass is 421 g/mol. The smallest absolute Gasteiger partial charge is 0.255 e. The van der Waals surface area contributed by atoms with Crippen molar-refractivity contribution in [1.29, 1.82) is 0 Å². The van der Waals surface area contributed by atoms with Crippen LogP contribution in [0.15, 0.2) is 29.1 Å². The number of nitrogens with zero attached hydrogens (tertiary/aromatic N) is 3. The molecule has 1 fully saturated rings. The van der Waals surface area contributed by atoms with Crippen molar-refractivity contribution in [3.05, 3.63) is 51.4 Å². The maximum atomic E-state index is 13.0. The quantitative estimate of drug-likeness (QED) is 0.793. The number of amides is 1. The fourth-order valence-electron chi connectivity index (χ4n) is 5.17. The molecule has 0 spiro atoms. The Balaban J connectivity index is 1.16. The Hall–Kier alpha value is -2.67. The van der Waals surface area contributed by atoms with Crippen LogP contribution in [0.3, 0.4) is 0 Å². The minimum absolute atomic E-state index is 0.0112.